The smallest absolute Gasteiger partial charge is 0.237 e. The summed E-state index contributed by atoms with van der Waals surface area (Å²) in [6.07, 6.45) is 7.68. The van der Waals surface area contributed by atoms with Gasteiger partial charge in [-0.2, -0.15) is 0 Å². The lowest BCUT2D eigenvalue weighted by molar-refractivity contribution is -0.122. The lowest BCUT2D eigenvalue weighted by atomic mass is 9.92. The van der Waals surface area contributed by atoms with E-state index in [1.807, 2.05) is 36.5 Å². The van der Waals surface area contributed by atoms with Crippen LogP contribution in [0.2, 0.25) is 0 Å². The molecule has 1 amide bonds. The van der Waals surface area contributed by atoms with Gasteiger partial charge in [0.25, 0.3) is 0 Å². The number of hydrogen-bond acceptors (Lipinski definition) is 5. The number of nitrogens with zero attached hydrogens (tertiary/aromatic N) is 1. The summed E-state index contributed by atoms with van der Waals surface area (Å²) in [7, 11) is 1.69. The highest BCUT2D eigenvalue weighted by atomic mass is 35.5. The number of amides is 1. The molecule has 2 aromatic carbocycles. The standard InChI is InChI=1S/C28H33N5O2.2ClH/c1-35-19-11-12-26-22(16-19)27(21-8-3-5-10-25(21)33-26)30-13-6-14-31-28(34)23(29)15-18-17-32-24-9-4-2-7-20(18)24;;/h2,4,7,9,11-12,16-17,23,32H,3,5-6,8,10,13-15,29H2,1H3,(H,30,33)(H,31,34);2*1H/t23-;;/m0../s1. The summed E-state index contributed by atoms with van der Waals surface area (Å²) < 4.78 is 5.46. The van der Waals surface area contributed by atoms with Crippen LogP contribution in [-0.4, -0.2) is 42.1 Å². The minimum absolute atomic E-state index is 0. The molecule has 1 aliphatic carbocycles. The number of H-pyrrole nitrogens is 1. The van der Waals surface area contributed by atoms with Crippen molar-refractivity contribution in [1.29, 1.82) is 0 Å². The number of pyridine rings is 1. The first-order valence-corrected chi connectivity index (χ1v) is 12.5. The van der Waals surface area contributed by atoms with Crippen molar-refractivity contribution in [3.63, 3.8) is 0 Å². The van der Waals surface area contributed by atoms with E-state index in [4.69, 9.17) is 15.5 Å². The molecular weight excluding hydrogens is 509 g/mol. The topological polar surface area (TPSA) is 105 Å². The average molecular weight is 545 g/mol. The number of anilines is 1. The minimum atomic E-state index is -0.578. The Kier molecular flexibility index (Phi) is 10.0. The van der Waals surface area contributed by atoms with E-state index in [0.717, 1.165) is 64.6 Å². The second-order valence-corrected chi connectivity index (χ2v) is 9.24. The van der Waals surface area contributed by atoms with E-state index in [-0.39, 0.29) is 30.7 Å². The number of carbonyl (C=O) groups is 1. The molecule has 0 spiro atoms. The summed E-state index contributed by atoms with van der Waals surface area (Å²) in [5.74, 6) is 0.710. The third kappa shape index (κ3) is 6.29. The largest absolute Gasteiger partial charge is 0.497 e. The minimum Gasteiger partial charge on any atom is -0.497 e. The van der Waals surface area contributed by atoms with Crippen LogP contribution in [0.1, 0.15) is 36.1 Å². The summed E-state index contributed by atoms with van der Waals surface area (Å²) in [6.45, 7) is 1.32. The van der Waals surface area contributed by atoms with Gasteiger partial charge >= 0.3 is 0 Å². The van der Waals surface area contributed by atoms with Crippen LogP contribution in [0.15, 0.2) is 48.7 Å². The van der Waals surface area contributed by atoms with Crippen LogP contribution in [0, 0.1) is 0 Å². The van der Waals surface area contributed by atoms with Crippen LogP contribution in [0.25, 0.3) is 21.8 Å². The Morgan fingerprint density at radius 3 is 2.76 bits per heavy atom. The number of ether oxygens (including phenoxy) is 1. The van der Waals surface area contributed by atoms with E-state index in [9.17, 15) is 4.79 Å². The molecular formula is C28H35Cl2N5O2. The first-order valence-electron chi connectivity index (χ1n) is 12.5. The van der Waals surface area contributed by atoms with Gasteiger partial charge in [0.1, 0.15) is 5.75 Å². The number of halogens is 2. The van der Waals surface area contributed by atoms with E-state index in [0.29, 0.717) is 13.0 Å². The maximum Gasteiger partial charge on any atom is 0.237 e. The van der Waals surface area contributed by atoms with Gasteiger partial charge in [0.2, 0.25) is 5.91 Å². The number of nitrogens with one attached hydrogen (secondary N) is 3. The third-order valence-electron chi connectivity index (χ3n) is 6.88. The number of methoxy groups -OCH3 is 1. The molecule has 0 bridgehead atoms. The van der Waals surface area contributed by atoms with Gasteiger partial charge in [-0.05, 0) is 73.9 Å². The molecule has 1 aliphatic rings. The van der Waals surface area contributed by atoms with Crippen LogP contribution in [0.3, 0.4) is 0 Å². The number of aromatic amines is 1. The first-order chi connectivity index (χ1) is 17.1. The Hall–Kier alpha value is -3.00. The van der Waals surface area contributed by atoms with Crippen molar-refractivity contribution >= 4 is 58.2 Å². The Bertz CT molecular complexity index is 1360. The Labute approximate surface area is 229 Å². The molecule has 0 aliphatic heterocycles. The van der Waals surface area contributed by atoms with E-state index in [1.54, 1.807) is 7.11 Å². The van der Waals surface area contributed by atoms with Gasteiger partial charge < -0.3 is 26.1 Å². The van der Waals surface area contributed by atoms with Crippen LogP contribution in [-0.2, 0) is 24.1 Å². The van der Waals surface area contributed by atoms with E-state index in [1.165, 1.54) is 24.1 Å². The molecule has 1 atom stereocenters. The number of benzene rings is 2. The van der Waals surface area contributed by atoms with Crippen molar-refractivity contribution in [2.75, 3.05) is 25.5 Å². The molecule has 0 saturated carbocycles. The van der Waals surface area contributed by atoms with Gasteiger partial charge in [-0.3, -0.25) is 9.78 Å². The maximum absolute atomic E-state index is 12.6. The molecule has 4 aromatic rings. The van der Waals surface area contributed by atoms with Gasteiger partial charge in [0, 0.05) is 47.0 Å². The Balaban J connectivity index is 0.00000190. The van der Waals surface area contributed by atoms with Crippen molar-refractivity contribution in [1.82, 2.24) is 15.3 Å². The number of para-hydroxylation sites is 1. The van der Waals surface area contributed by atoms with Crippen LogP contribution in [0.4, 0.5) is 5.69 Å². The average Bonchev–Trinajstić information content (AvgIpc) is 3.30. The molecule has 0 radical (unpaired) electrons. The summed E-state index contributed by atoms with van der Waals surface area (Å²) in [5, 5.41) is 8.85. The Morgan fingerprint density at radius 1 is 1.11 bits per heavy atom. The molecule has 0 saturated heterocycles. The van der Waals surface area contributed by atoms with Crippen LogP contribution >= 0.6 is 24.8 Å². The van der Waals surface area contributed by atoms with E-state index >= 15 is 0 Å². The molecule has 37 heavy (non-hydrogen) atoms. The highest BCUT2D eigenvalue weighted by Crippen LogP contribution is 2.35. The van der Waals surface area contributed by atoms with Crippen LogP contribution in [0.5, 0.6) is 5.75 Å². The molecule has 2 aromatic heterocycles. The lowest BCUT2D eigenvalue weighted by Crippen LogP contribution is -2.42. The second kappa shape index (κ2) is 13.0. The van der Waals surface area contributed by atoms with Gasteiger partial charge in [-0.15, -0.1) is 24.8 Å². The first kappa shape index (κ1) is 28.6. The highest BCUT2D eigenvalue weighted by Gasteiger charge is 2.19. The number of nitrogens with two attached hydrogens (primary N) is 1. The summed E-state index contributed by atoms with van der Waals surface area (Å²) in [6, 6.07) is 13.5. The number of rotatable bonds is 9. The molecule has 2 heterocycles. The molecule has 0 unspecified atom stereocenters. The lowest BCUT2D eigenvalue weighted by Gasteiger charge is -2.22. The second-order valence-electron chi connectivity index (χ2n) is 9.24. The Morgan fingerprint density at radius 2 is 1.92 bits per heavy atom. The highest BCUT2D eigenvalue weighted by molar-refractivity contribution is 5.94. The molecule has 5 N–H and O–H groups in total. The monoisotopic (exact) mass is 543 g/mol. The number of carbonyl (C=O) groups excluding carboxylic acids is 1. The molecule has 7 nitrogen and oxygen atoms in total. The number of fused-ring (bicyclic) bond motifs is 3. The van der Waals surface area contributed by atoms with Gasteiger partial charge in [-0.25, -0.2) is 0 Å². The number of aromatic nitrogens is 2. The number of aryl methyl sites for hydroxylation is 1. The van der Waals surface area contributed by atoms with Crippen molar-refractivity contribution in [3.05, 3.63) is 65.5 Å². The van der Waals surface area contributed by atoms with Crippen LogP contribution < -0.4 is 21.1 Å². The van der Waals surface area contributed by atoms with Crippen molar-refractivity contribution in [3.8, 4) is 5.75 Å². The third-order valence-corrected chi connectivity index (χ3v) is 6.88. The summed E-state index contributed by atoms with van der Waals surface area (Å²) in [5.41, 5.74) is 13.0. The zero-order valence-electron chi connectivity index (χ0n) is 21.0. The normalized spacial score (nSPS) is 13.2. The zero-order chi connectivity index (χ0) is 24.2. The van der Waals surface area contributed by atoms with Gasteiger partial charge in [-0.1, -0.05) is 18.2 Å². The molecule has 5 rings (SSSR count). The van der Waals surface area contributed by atoms with Gasteiger partial charge in [0.05, 0.1) is 18.7 Å². The van der Waals surface area contributed by atoms with Gasteiger partial charge in [0.15, 0.2) is 0 Å². The number of hydrogen-bond donors (Lipinski definition) is 4. The molecule has 0 fully saturated rings. The molecule has 9 heteroatoms. The van der Waals surface area contributed by atoms with E-state index in [2.05, 4.69) is 27.8 Å². The fourth-order valence-corrected chi connectivity index (χ4v) is 5.01. The fraction of sp³-hybridized carbons (Fsp3) is 0.357. The predicted octanol–water partition coefficient (Wildman–Crippen LogP) is 4.94. The zero-order valence-corrected chi connectivity index (χ0v) is 22.6. The SMILES string of the molecule is COc1ccc2nc3c(c(NCCCNC(=O)[C@@H](N)Cc4c[nH]c5ccccc45)c2c1)CCCC3.Cl.Cl. The molecule has 198 valence electrons. The van der Waals surface area contributed by atoms with Crippen molar-refractivity contribution < 1.29 is 9.53 Å². The maximum atomic E-state index is 12.6. The quantitative estimate of drug-likeness (QED) is 0.224. The predicted molar refractivity (Wildman–Crippen MR) is 156 cm³/mol. The fourth-order valence-electron chi connectivity index (χ4n) is 5.01. The summed E-state index contributed by atoms with van der Waals surface area (Å²) >= 11 is 0. The van der Waals surface area contributed by atoms with E-state index < -0.39 is 6.04 Å². The summed E-state index contributed by atoms with van der Waals surface area (Å²) in [4.78, 5) is 20.7. The van der Waals surface area contributed by atoms with Crippen molar-refractivity contribution in [2.24, 2.45) is 5.73 Å². The van der Waals surface area contributed by atoms with Crippen molar-refractivity contribution in [2.45, 2.75) is 44.6 Å².